The lowest BCUT2D eigenvalue weighted by molar-refractivity contribution is 0.416. The van der Waals surface area contributed by atoms with Gasteiger partial charge < -0.3 is 16.2 Å². The molecular weight excluding hydrogens is 456 g/mol. The fraction of sp³-hybridized carbons (Fsp3) is 0.100. The third-order valence-corrected chi connectivity index (χ3v) is 6.13. The Bertz CT molecular complexity index is 1110. The molecule has 0 bridgehead atoms. The molecule has 4 N–H and O–H groups in total. The molecular formula is C20H19BrN4OS2. The van der Waals surface area contributed by atoms with E-state index >= 15 is 0 Å². The first-order valence-corrected chi connectivity index (χ1v) is 9.93. The summed E-state index contributed by atoms with van der Waals surface area (Å²) in [6, 6.07) is 16.4. The summed E-state index contributed by atoms with van der Waals surface area (Å²) < 4.78 is 5.63. The van der Waals surface area contributed by atoms with Crippen LogP contribution in [0.4, 0.5) is 10.3 Å². The summed E-state index contributed by atoms with van der Waals surface area (Å²) in [5, 5.41) is 1.02. The number of thiazole rings is 2. The lowest BCUT2D eigenvalue weighted by atomic mass is 10.0. The molecule has 0 amide bonds. The van der Waals surface area contributed by atoms with Crippen molar-refractivity contribution in [1.82, 2.24) is 9.97 Å². The Balaban J connectivity index is 0.00000225. The third kappa shape index (κ3) is 3.76. The van der Waals surface area contributed by atoms with E-state index in [9.17, 15) is 0 Å². The van der Waals surface area contributed by atoms with E-state index in [4.69, 9.17) is 16.2 Å². The van der Waals surface area contributed by atoms with Gasteiger partial charge in [0.2, 0.25) is 0 Å². The molecule has 2 aromatic carbocycles. The van der Waals surface area contributed by atoms with Crippen molar-refractivity contribution < 1.29 is 4.74 Å². The monoisotopic (exact) mass is 474 g/mol. The Morgan fingerprint density at radius 1 is 0.857 bits per heavy atom. The molecule has 0 atom stereocenters. The van der Waals surface area contributed by atoms with Gasteiger partial charge >= 0.3 is 0 Å². The van der Waals surface area contributed by atoms with Crippen molar-refractivity contribution in [1.29, 1.82) is 0 Å². The zero-order valence-electron chi connectivity index (χ0n) is 15.3. The van der Waals surface area contributed by atoms with Crippen LogP contribution in [-0.2, 0) is 0 Å². The molecule has 0 unspecified atom stereocenters. The lowest BCUT2D eigenvalue weighted by Gasteiger charge is -2.11. The van der Waals surface area contributed by atoms with Gasteiger partial charge in [-0.05, 0) is 30.2 Å². The normalized spacial score (nSPS) is 10.5. The fourth-order valence-corrected chi connectivity index (χ4v) is 4.76. The minimum absolute atomic E-state index is 0. The van der Waals surface area contributed by atoms with E-state index in [2.05, 4.69) is 34.2 Å². The molecule has 0 saturated carbocycles. The summed E-state index contributed by atoms with van der Waals surface area (Å²) in [6.45, 7) is 1.93. The largest absolute Gasteiger partial charge is 0.496 e. The number of benzene rings is 2. The van der Waals surface area contributed by atoms with Crippen LogP contribution in [0.2, 0.25) is 0 Å². The Morgan fingerprint density at radius 3 is 2.18 bits per heavy atom. The minimum Gasteiger partial charge on any atom is -0.496 e. The number of aromatic nitrogens is 2. The average Bonchev–Trinajstić information content (AvgIpc) is 3.23. The Labute approximate surface area is 181 Å². The molecule has 0 saturated heterocycles. The van der Waals surface area contributed by atoms with Crippen LogP contribution in [0.15, 0.2) is 48.5 Å². The quantitative estimate of drug-likeness (QED) is 0.398. The van der Waals surface area contributed by atoms with E-state index in [0.29, 0.717) is 10.3 Å². The van der Waals surface area contributed by atoms with Gasteiger partial charge in [-0.1, -0.05) is 59.1 Å². The number of nitrogens with two attached hydrogens (primary N) is 2. The number of hydrogen-bond donors (Lipinski definition) is 2. The summed E-state index contributed by atoms with van der Waals surface area (Å²) in [6.07, 6.45) is 0. The maximum absolute atomic E-state index is 6.07. The second kappa shape index (κ2) is 8.30. The smallest absolute Gasteiger partial charge is 0.181 e. The predicted molar refractivity (Wildman–Crippen MR) is 125 cm³/mol. The standard InChI is InChI=1S/C20H18N4OS2.BrH/c1-11-17(26-19(21)23-11)16-18(27-20(22)24-16)14-10-13(8-9-15(14)25-2)12-6-4-3-5-7-12;/h3-10H,1-2H3,(H2,21,23)(H2,22,24);1H. The molecule has 2 aromatic heterocycles. The van der Waals surface area contributed by atoms with E-state index < -0.39 is 0 Å². The van der Waals surface area contributed by atoms with Crippen LogP contribution >= 0.6 is 39.7 Å². The topological polar surface area (TPSA) is 87.0 Å². The van der Waals surface area contributed by atoms with E-state index in [1.54, 1.807) is 7.11 Å². The molecule has 28 heavy (non-hydrogen) atoms. The second-order valence-corrected chi connectivity index (χ2v) is 8.04. The summed E-state index contributed by atoms with van der Waals surface area (Å²) in [4.78, 5) is 10.8. The maximum Gasteiger partial charge on any atom is 0.181 e. The van der Waals surface area contributed by atoms with Gasteiger partial charge in [0, 0.05) is 5.56 Å². The zero-order valence-corrected chi connectivity index (χ0v) is 18.6. The summed E-state index contributed by atoms with van der Waals surface area (Å²) in [5.41, 5.74) is 16.8. The highest BCUT2D eigenvalue weighted by atomic mass is 79.9. The second-order valence-electron chi connectivity index (χ2n) is 5.98. The molecule has 0 aliphatic heterocycles. The van der Waals surface area contributed by atoms with Crippen LogP contribution in [-0.4, -0.2) is 17.1 Å². The maximum atomic E-state index is 6.07. The summed E-state index contributed by atoms with van der Waals surface area (Å²) in [5.74, 6) is 0.773. The van der Waals surface area contributed by atoms with Gasteiger partial charge in [-0.2, -0.15) is 0 Å². The molecule has 5 nitrogen and oxygen atoms in total. The third-order valence-electron chi connectivity index (χ3n) is 4.22. The van der Waals surface area contributed by atoms with Gasteiger partial charge in [-0.3, -0.25) is 0 Å². The Kier molecular flexibility index (Phi) is 6.02. The zero-order chi connectivity index (χ0) is 19.0. The first kappa shape index (κ1) is 20.3. The first-order chi connectivity index (χ1) is 13.1. The van der Waals surface area contributed by atoms with Gasteiger partial charge in [-0.15, -0.1) is 17.0 Å². The highest BCUT2D eigenvalue weighted by molar-refractivity contribution is 8.93. The minimum atomic E-state index is 0. The van der Waals surface area contributed by atoms with E-state index in [0.717, 1.165) is 43.6 Å². The molecule has 144 valence electrons. The molecule has 8 heteroatoms. The van der Waals surface area contributed by atoms with Gasteiger partial charge in [0.1, 0.15) is 11.4 Å². The van der Waals surface area contributed by atoms with Crippen molar-refractivity contribution >= 4 is 49.9 Å². The van der Waals surface area contributed by atoms with Crippen LogP contribution in [0.3, 0.4) is 0 Å². The molecule has 0 aliphatic rings. The Hall–Kier alpha value is -2.42. The fourth-order valence-electron chi connectivity index (χ4n) is 3.01. The molecule has 0 radical (unpaired) electrons. The van der Waals surface area contributed by atoms with Crippen molar-refractivity contribution in [2.24, 2.45) is 0 Å². The van der Waals surface area contributed by atoms with Gasteiger partial charge in [-0.25, -0.2) is 9.97 Å². The van der Waals surface area contributed by atoms with Crippen LogP contribution in [0.5, 0.6) is 5.75 Å². The molecule has 0 fully saturated rings. The number of aryl methyl sites for hydroxylation is 1. The molecule has 4 rings (SSSR count). The number of halogens is 1. The molecule has 2 heterocycles. The molecule has 4 aromatic rings. The van der Waals surface area contributed by atoms with Crippen molar-refractivity contribution in [3.63, 3.8) is 0 Å². The van der Waals surface area contributed by atoms with Crippen molar-refractivity contribution in [2.45, 2.75) is 6.92 Å². The molecule has 0 spiro atoms. The van der Waals surface area contributed by atoms with E-state index in [1.165, 1.54) is 22.7 Å². The Morgan fingerprint density at radius 2 is 1.54 bits per heavy atom. The first-order valence-electron chi connectivity index (χ1n) is 8.30. The van der Waals surface area contributed by atoms with Crippen LogP contribution < -0.4 is 16.2 Å². The van der Waals surface area contributed by atoms with Crippen LogP contribution in [0.1, 0.15) is 5.69 Å². The lowest BCUT2D eigenvalue weighted by Crippen LogP contribution is -1.90. The number of nitrogens with zero attached hydrogens (tertiary/aromatic N) is 2. The molecule has 0 aliphatic carbocycles. The number of ether oxygens (including phenoxy) is 1. The predicted octanol–water partition coefficient (Wildman–Crippen LogP) is 5.66. The summed E-state index contributed by atoms with van der Waals surface area (Å²) in [7, 11) is 1.67. The van der Waals surface area contributed by atoms with Gasteiger partial charge in [0.25, 0.3) is 0 Å². The average molecular weight is 475 g/mol. The number of anilines is 2. The highest BCUT2D eigenvalue weighted by Crippen LogP contribution is 2.45. The van der Waals surface area contributed by atoms with Gasteiger partial charge in [0.15, 0.2) is 10.3 Å². The number of hydrogen-bond acceptors (Lipinski definition) is 7. The van der Waals surface area contributed by atoms with Gasteiger partial charge in [0.05, 0.1) is 22.6 Å². The van der Waals surface area contributed by atoms with E-state index in [1.807, 2.05) is 31.2 Å². The number of methoxy groups -OCH3 is 1. The van der Waals surface area contributed by atoms with Crippen molar-refractivity contribution in [3.8, 4) is 37.9 Å². The van der Waals surface area contributed by atoms with Crippen molar-refractivity contribution in [2.75, 3.05) is 18.6 Å². The SMILES string of the molecule is Br.COc1ccc(-c2ccccc2)cc1-c1sc(N)nc1-c1sc(N)nc1C. The number of nitrogen functional groups attached to an aromatic ring is 2. The van der Waals surface area contributed by atoms with Crippen LogP contribution in [0.25, 0.3) is 32.1 Å². The highest BCUT2D eigenvalue weighted by Gasteiger charge is 2.21. The van der Waals surface area contributed by atoms with E-state index in [-0.39, 0.29) is 17.0 Å². The van der Waals surface area contributed by atoms with Crippen molar-refractivity contribution in [3.05, 3.63) is 54.2 Å². The van der Waals surface area contributed by atoms with Crippen LogP contribution in [0, 0.1) is 6.92 Å². The summed E-state index contributed by atoms with van der Waals surface area (Å²) >= 11 is 2.86. The number of rotatable bonds is 4.